The summed E-state index contributed by atoms with van der Waals surface area (Å²) in [6, 6.07) is 18.7. The highest BCUT2D eigenvalue weighted by Crippen LogP contribution is 2.35. The van der Waals surface area contributed by atoms with Gasteiger partial charge in [0.25, 0.3) is 11.6 Å². The van der Waals surface area contributed by atoms with Crippen molar-refractivity contribution in [1.82, 2.24) is 0 Å². The smallest absolute Gasteiger partial charge is 0.271 e. The van der Waals surface area contributed by atoms with Crippen molar-refractivity contribution in [2.75, 3.05) is 18.0 Å². The van der Waals surface area contributed by atoms with E-state index in [9.17, 15) is 5.11 Å². The van der Waals surface area contributed by atoms with E-state index in [2.05, 4.69) is 40.7 Å². The third kappa shape index (κ3) is 2.53. The Kier molecular flexibility index (Phi) is 3.89. The molecule has 0 aliphatic carbocycles. The number of hydrogen-bond acceptors (Lipinski definition) is 2. The molecule has 4 rings (SSSR count). The molecule has 24 heavy (non-hydrogen) atoms. The van der Waals surface area contributed by atoms with Gasteiger partial charge in [-0.25, -0.2) is 9.48 Å². The van der Waals surface area contributed by atoms with E-state index in [1.807, 2.05) is 30.3 Å². The van der Waals surface area contributed by atoms with E-state index in [-0.39, 0.29) is 0 Å². The average molecular weight is 321 g/mol. The molecule has 0 amide bonds. The van der Waals surface area contributed by atoms with Crippen molar-refractivity contribution in [3.05, 3.63) is 65.7 Å². The predicted molar refractivity (Wildman–Crippen MR) is 97.5 cm³/mol. The number of nitrogens with zero attached hydrogens (tertiary/aromatic N) is 2. The van der Waals surface area contributed by atoms with Crippen LogP contribution >= 0.6 is 0 Å². The first-order valence-electron chi connectivity index (χ1n) is 8.94. The number of hydrogen-bond donors (Lipinski definition) is 1. The Hall–Kier alpha value is -2.13. The average Bonchev–Trinajstić information content (AvgIpc) is 2.77. The molecule has 0 fully saturated rings. The summed E-state index contributed by atoms with van der Waals surface area (Å²) in [5.74, 6) is 1.27. The maximum atomic E-state index is 11.6. The van der Waals surface area contributed by atoms with E-state index < -0.39 is 5.72 Å². The van der Waals surface area contributed by atoms with Gasteiger partial charge in [-0.05, 0) is 43.9 Å². The van der Waals surface area contributed by atoms with Crippen LogP contribution in [0, 0.1) is 6.92 Å². The van der Waals surface area contributed by atoms with Gasteiger partial charge in [0.05, 0.1) is 6.54 Å². The summed E-state index contributed by atoms with van der Waals surface area (Å²) in [4.78, 5) is 2.32. The van der Waals surface area contributed by atoms with Gasteiger partial charge in [0.1, 0.15) is 5.69 Å². The minimum Gasteiger partial charge on any atom is -0.346 e. The van der Waals surface area contributed by atoms with Crippen molar-refractivity contribution in [2.24, 2.45) is 0 Å². The molecule has 0 bridgehead atoms. The van der Waals surface area contributed by atoms with Gasteiger partial charge in [-0.3, -0.25) is 0 Å². The van der Waals surface area contributed by atoms with Crippen LogP contribution in [0.1, 0.15) is 36.8 Å². The Balaban J connectivity index is 1.82. The second-order valence-corrected chi connectivity index (χ2v) is 6.99. The summed E-state index contributed by atoms with van der Waals surface area (Å²) in [7, 11) is 0. The lowest BCUT2D eigenvalue weighted by Crippen LogP contribution is -2.40. The number of rotatable bonds is 2. The summed E-state index contributed by atoms with van der Waals surface area (Å²) >= 11 is 0. The summed E-state index contributed by atoms with van der Waals surface area (Å²) < 4.78 is 2.25. The molecule has 2 aromatic rings. The fourth-order valence-electron chi connectivity index (χ4n) is 4.06. The van der Waals surface area contributed by atoms with E-state index in [0.29, 0.717) is 6.54 Å². The predicted octanol–water partition coefficient (Wildman–Crippen LogP) is 3.65. The Morgan fingerprint density at radius 2 is 1.83 bits per heavy atom. The Morgan fingerprint density at radius 3 is 2.62 bits per heavy atom. The minimum absolute atomic E-state index is 0.593. The number of β-amino-alcohol motifs (C(OH)–C–C–N with tert-alkyl or cyclic N) is 1. The Bertz CT molecular complexity index is 768. The van der Waals surface area contributed by atoms with Crippen molar-refractivity contribution in [3.8, 4) is 0 Å². The summed E-state index contributed by atoms with van der Waals surface area (Å²) in [6.45, 7) is 3.64. The van der Waals surface area contributed by atoms with Crippen molar-refractivity contribution in [3.63, 3.8) is 0 Å². The molecule has 1 atom stereocenters. The molecule has 0 spiro atoms. The molecule has 3 heteroatoms. The SMILES string of the molecule is Cc1cccc(N2C[C@@](O)(c3ccccc3)[N+]3=C2CCCCC3)c1. The summed E-state index contributed by atoms with van der Waals surface area (Å²) in [5, 5.41) is 11.6. The van der Waals surface area contributed by atoms with Crippen LogP contribution in [0.25, 0.3) is 0 Å². The molecule has 0 radical (unpaired) electrons. The fourth-order valence-corrected chi connectivity index (χ4v) is 4.06. The second-order valence-electron chi connectivity index (χ2n) is 6.99. The summed E-state index contributed by atoms with van der Waals surface area (Å²) in [5.41, 5.74) is 2.48. The number of aliphatic hydroxyl groups is 1. The van der Waals surface area contributed by atoms with Crippen LogP contribution in [0.5, 0.6) is 0 Å². The lowest BCUT2D eigenvalue weighted by molar-refractivity contribution is -0.658. The first-order chi connectivity index (χ1) is 11.7. The van der Waals surface area contributed by atoms with E-state index in [0.717, 1.165) is 24.9 Å². The van der Waals surface area contributed by atoms with E-state index in [1.54, 1.807) is 0 Å². The van der Waals surface area contributed by atoms with Gasteiger partial charge >= 0.3 is 0 Å². The number of anilines is 1. The zero-order chi connectivity index (χ0) is 16.6. The first kappa shape index (κ1) is 15.4. The second kappa shape index (κ2) is 6.06. The topological polar surface area (TPSA) is 26.5 Å². The molecular formula is C21H25N2O+. The molecule has 2 aliphatic rings. The molecule has 2 aliphatic heterocycles. The molecule has 3 nitrogen and oxygen atoms in total. The zero-order valence-corrected chi connectivity index (χ0v) is 14.3. The van der Waals surface area contributed by atoms with E-state index in [1.165, 1.54) is 29.9 Å². The van der Waals surface area contributed by atoms with Gasteiger partial charge in [0.15, 0.2) is 6.54 Å². The monoisotopic (exact) mass is 321 g/mol. The van der Waals surface area contributed by atoms with E-state index >= 15 is 0 Å². The largest absolute Gasteiger partial charge is 0.346 e. The van der Waals surface area contributed by atoms with Gasteiger partial charge in [0, 0.05) is 12.0 Å². The molecule has 0 saturated carbocycles. The fraction of sp³-hybridized carbons (Fsp3) is 0.381. The number of amidine groups is 1. The molecule has 2 heterocycles. The first-order valence-corrected chi connectivity index (χ1v) is 8.94. The number of benzene rings is 2. The van der Waals surface area contributed by atoms with Crippen molar-refractivity contribution < 1.29 is 9.68 Å². The van der Waals surface area contributed by atoms with Crippen LogP contribution in [0.15, 0.2) is 54.6 Å². The van der Waals surface area contributed by atoms with Crippen LogP contribution in [0.4, 0.5) is 5.69 Å². The maximum Gasteiger partial charge on any atom is 0.271 e. The zero-order valence-electron chi connectivity index (χ0n) is 14.3. The quantitative estimate of drug-likeness (QED) is 0.855. The van der Waals surface area contributed by atoms with Crippen LogP contribution in [0.2, 0.25) is 0 Å². The van der Waals surface area contributed by atoms with Crippen molar-refractivity contribution in [1.29, 1.82) is 0 Å². The van der Waals surface area contributed by atoms with Crippen LogP contribution in [-0.2, 0) is 5.72 Å². The lowest BCUT2D eigenvalue weighted by atomic mass is 10.0. The molecule has 1 N–H and O–H groups in total. The minimum atomic E-state index is -0.940. The van der Waals surface area contributed by atoms with Crippen molar-refractivity contribution >= 4 is 11.5 Å². The molecule has 0 unspecified atom stereocenters. The Morgan fingerprint density at radius 1 is 1.00 bits per heavy atom. The number of aryl methyl sites for hydroxylation is 1. The van der Waals surface area contributed by atoms with Crippen molar-refractivity contribution in [2.45, 2.75) is 38.3 Å². The van der Waals surface area contributed by atoms with Crippen LogP contribution < -0.4 is 4.90 Å². The highest BCUT2D eigenvalue weighted by molar-refractivity contribution is 5.96. The van der Waals surface area contributed by atoms with Gasteiger partial charge < -0.3 is 5.11 Å². The van der Waals surface area contributed by atoms with Crippen LogP contribution in [0.3, 0.4) is 0 Å². The maximum absolute atomic E-state index is 11.6. The molecular weight excluding hydrogens is 296 g/mol. The van der Waals surface area contributed by atoms with Gasteiger partial charge in [-0.1, -0.05) is 42.5 Å². The highest BCUT2D eigenvalue weighted by Gasteiger charge is 2.51. The van der Waals surface area contributed by atoms with E-state index in [4.69, 9.17) is 0 Å². The molecule has 0 aromatic heterocycles. The van der Waals surface area contributed by atoms with Crippen LogP contribution in [-0.4, -0.2) is 28.6 Å². The highest BCUT2D eigenvalue weighted by atomic mass is 16.3. The third-order valence-electron chi connectivity index (χ3n) is 5.28. The van der Waals surface area contributed by atoms with Gasteiger partial charge in [-0.15, -0.1) is 0 Å². The lowest BCUT2D eigenvalue weighted by Gasteiger charge is -2.23. The standard InChI is InChI=1S/C21H25N2O/c1-17-9-8-12-19(15-17)22-16-21(24,18-10-4-2-5-11-18)23-14-7-3-6-13-20(22)23/h2,4-5,8-12,15,24H,3,6-7,13-14,16H2,1H3/q+1/t21-/m1/s1. The van der Waals surface area contributed by atoms with Gasteiger partial charge in [-0.2, -0.15) is 0 Å². The normalized spacial score (nSPS) is 24.0. The van der Waals surface area contributed by atoms with Gasteiger partial charge in [0.2, 0.25) is 0 Å². The Labute approximate surface area is 143 Å². The summed E-state index contributed by atoms with van der Waals surface area (Å²) in [6.07, 6.45) is 4.59. The molecule has 2 aromatic carbocycles. The molecule has 0 saturated heterocycles. The molecule has 124 valence electrons. The third-order valence-corrected chi connectivity index (χ3v) is 5.28.